The van der Waals surface area contributed by atoms with Gasteiger partial charge in [0.05, 0.1) is 12.0 Å². The lowest BCUT2D eigenvalue weighted by Gasteiger charge is -2.29. The fourth-order valence-electron chi connectivity index (χ4n) is 1.98. The third-order valence-electron chi connectivity index (χ3n) is 3.15. The lowest BCUT2D eigenvalue weighted by atomic mass is 9.94. The van der Waals surface area contributed by atoms with Gasteiger partial charge in [-0.1, -0.05) is 18.2 Å². The first-order chi connectivity index (χ1) is 8.54. The van der Waals surface area contributed by atoms with Gasteiger partial charge in [0.15, 0.2) is 0 Å². The molecule has 1 amide bonds. The predicted molar refractivity (Wildman–Crippen MR) is 71.9 cm³/mol. The van der Waals surface area contributed by atoms with E-state index in [-0.39, 0.29) is 5.91 Å². The van der Waals surface area contributed by atoms with Crippen molar-refractivity contribution >= 4 is 17.5 Å². The Balaban J connectivity index is 2.20. The Morgan fingerprint density at radius 2 is 2.17 bits per heavy atom. The minimum Gasteiger partial charge on any atom is -0.491 e. The molecule has 98 valence electrons. The van der Waals surface area contributed by atoms with Gasteiger partial charge in [-0.05, 0) is 19.9 Å². The molecule has 4 heteroatoms. The molecule has 2 rings (SSSR count). The number of benzene rings is 1. The van der Waals surface area contributed by atoms with Gasteiger partial charge in [0, 0.05) is 18.0 Å². The third-order valence-corrected chi connectivity index (χ3v) is 3.82. The Hall–Kier alpha value is -1.22. The van der Waals surface area contributed by atoms with E-state index in [0.717, 1.165) is 11.3 Å². The number of halogens is 1. The predicted octanol–water partition coefficient (Wildman–Crippen LogP) is 2.67. The fraction of sp³-hybridized carbons (Fsp3) is 0.500. The molecule has 0 aliphatic carbocycles. The van der Waals surface area contributed by atoms with Gasteiger partial charge in [0.25, 0.3) is 0 Å². The molecule has 1 aromatic rings. The number of rotatable bonds is 2. The van der Waals surface area contributed by atoms with Crippen molar-refractivity contribution in [2.75, 3.05) is 19.0 Å². The molecule has 0 saturated heterocycles. The van der Waals surface area contributed by atoms with Gasteiger partial charge in [0.2, 0.25) is 5.91 Å². The molecule has 1 aliphatic heterocycles. The third kappa shape index (κ3) is 2.61. The maximum absolute atomic E-state index is 12.4. The van der Waals surface area contributed by atoms with Crippen LogP contribution in [-0.4, -0.2) is 29.8 Å². The van der Waals surface area contributed by atoms with E-state index in [1.54, 1.807) is 0 Å². The number of ether oxygens (including phenoxy) is 1. The molecular formula is C14H18ClNO2. The maximum Gasteiger partial charge on any atom is 0.229 e. The van der Waals surface area contributed by atoms with Crippen molar-refractivity contribution in [2.24, 2.45) is 5.41 Å². The van der Waals surface area contributed by atoms with Crippen molar-refractivity contribution in [2.45, 2.75) is 20.4 Å². The summed E-state index contributed by atoms with van der Waals surface area (Å²) >= 11 is 5.87. The number of amides is 1. The normalized spacial score (nSPS) is 15.6. The zero-order chi connectivity index (χ0) is 13.2. The summed E-state index contributed by atoms with van der Waals surface area (Å²) in [4.78, 5) is 14.2. The highest BCUT2D eigenvalue weighted by Gasteiger charge is 2.32. The molecule has 1 aliphatic rings. The minimum atomic E-state index is -0.527. The summed E-state index contributed by atoms with van der Waals surface area (Å²) in [6.45, 7) is 5.48. The summed E-state index contributed by atoms with van der Waals surface area (Å²) in [5.41, 5.74) is 0.523. The van der Waals surface area contributed by atoms with Crippen molar-refractivity contribution in [3.63, 3.8) is 0 Å². The molecule has 3 nitrogen and oxygen atoms in total. The molecule has 18 heavy (non-hydrogen) atoms. The molecule has 1 aromatic carbocycles. The second kappa shape index (κ2) is 5.19. The first-order valence-corrected chi connectivity index (χ1v) is 6.64. The second-order valence-electron chi connectivity index (χ2n) is 5.20. The van der Waals surface area contributed by atoms with E-state index in [1.807, 2.05) is 43.0 Å². The highest BCUT2D eigenvalue weighted by Crippen LogP contribution is 2.26. The molecule has 0 aromatic heterocycles. The lowest BCUT2D eigenvalue weighted by Crippen LogP contribution is -2.42. The number of hydrogen-bond acceptors (Lipinski definition) is 2. The van der Waals surface area contributed by atoms with Crippen LogP contribution < -0.4 is 4.74 Å². The van der Waals surface area contributed by atoms with E-state index in [1.165, 1.54) is 0 Å². The largest absolute Gasteiger partial charge is 0.491 e. The molecule has 0 bridgehead atoms. The molecule has 0 fully saturated rings. The molecule has 0 spiro atoms. The van der Waals surface area contributed by atoms with Crippen LogP contribution in [0, 0.1) is 5.41 Å². The van der Waals surface area contributed by atoms with Gasteiger partial charge in [-0.15, -0.1) is 11.6 Å². The van der Waals surface area contributed by atoms with Crippen LogP contribution in [0.25, 0.3) is 0 Å². The van der Waals surface area contributed by atoms with Gasteiger partial charge < -0.3 is 9.64 Å². The first kappa shape index (κ1) is 13.2. The quantitative estimate of drug-likeness (QED) is 0.771. The summed E-state index contributed by atoms with van der Waals surface area (Å²) in [7, 11) is 0. The Labute approximate surface area is 113 Å². The summed E-state index contributed by atoms with van der Waals surface area (Å²) < 4.78 is 5.65. The van der Waals surface area contributed by atoms with E-state index < -0.39 is 5.41 Å². The van der Waals surface area contributed by atoms with E-state index in [0.29, 0.717) is 25.6 Å². The number of fused-ring (bicyclic) bond motifs is 1. The standard InChI is InChI=1S/C14H18ClNO2/c1-14(2,10-15)13(17)16-7-8-18-12-6-4-3-5-11(12)9-16/h3-6H,7-10H2,1-2H3. The molecule has 0 unspecified atom stereocenters. The summed E-state index contributed by atoms with van der Waals surface area (Å²) in [6, 6.07) is 7.84. The smallest absolute Gasteiger partial charge is 0.229 e. The molecule has 0 atom stereocenters. The highest BCUT2D eigenvalue weighted by atomic mass is 35.5. The van der Waals surface area contributed by atoms with Gasteiger partial charge in [-0.25, -0.2) is 0 Å². The molecular weight excluding hydrogens is 250 g/mol. The number of hydrogen-bond donors (Lipinski definition) is 0. The van der Waals surface area contributed by atoms with Crippen LogP contribution in [0.4, 0.5) is 0 Å². The minimum absolute atomic E-state index is 0.0813. The lowest BCUT2D eigenvalue weighted by molar-refractivity contribution is -0.140. The first-order valence-electron chi connectivity index (χ1n) is 6.10. The van der Waals surface area contributed by atoms with Gasteiger partial charge in [-0.2, -0.15) is 0 Å². The van der Waals surface area contributed by atoms with Crippen LogP contribution in [-0.2, 0) is 11.3 Å². The Kier molecular flexibility index (Phi) is 3.81. The van der Waals surface area contributed by atoms with E-state index in [4.69, 9.17) is 16.3 Å². The molecule has 0 radical (unpaired) electrons. The number of nitrogens with zero attached hydrogens (tertiary/aromatic N) is 1. The van der Waals surface area contributed by atoms with E-state index in [9.17, 15) is 4.79 Å². The van der Waals surface area contributed by atoms with Crippen LogP contribution >= 0.6 is 11.6 Å². The van der Waals surface area contributed by atoms with Crippen LogP contribution in [0.2, 0.25) is 0 Å². The number of para-hydroxylation sites is 1. The monoisotopic (exact) mass is 267 g/mol. The zero-order valence-corrected chi connectivity index (χ0v) is 11.5. The summed E-state index contributed by atoms with van der Waals surface area (Å²) in [6.07, 6.45) is 0. The number of alkyl halides is 1. The molecule has 1 heterocycles. The zero-order valence-electron chi connectivity index (χ0n) is 10.8. The van der Waals surface area contributed by atoms with Crippen LogP contribution in [0.1, 0.15) is 19.4 Å². The summed E-state index contributed by atoms with van der Waals surface area (Å²) in [5.74, 6) is 1.28. The summed E-state index contributed by atoms with van der Waals surface area (Å²) in [5, 5.41) is 0. The topological polar surface area (TPSA) is 29.5 Å². The Morgan fingerprint density at radius 3 is 2.89 bits per heavy atom. The van der Waals surface area contributed by atoms with Gasteiger partial charge >= 0.3 is 0 Å². The molecule has 0 N–H and O–H groups in total. The van der Waals surface area contributed by atoms with Crippen molar-refractivity contribution in [3.05, 3.63) is 29.8 Å². The van der Waals surface area contributed by atoms with Crippen molar-refractivity contribution in [1.29, 1.82) is 0 Å². The second-order valence-corrected chi connectivity index (χ2v) is 5.47. The van der Waals surface area contributed by atoms with Crippen molar-refractivity contribution < 1.29 is 9.53 Å². The van der Waals surface area contributed by atoms with Crippen molar-refractivity contribution in [3.8, 4) is 5.75 Å². The highest BCUT2D eigenvalue weighted by molar-refractivity contribution is 6.19. The van der Waals surface area contributed by atoms with Gasteiger partial charge in [-0.3, -0.25) is 4.79 Å². The van der Waals surface area contributed by atoms with Crippen LogP contribution in [0.15, 0.2) is 24.3 Å². The van der Waals surface area contributed by atoms with Crippen molar-refractivity contribution in [1.82, 2.24) is 4.90 Å². The molecule has 0 saturated carbocycles. The maximum atomic E-state index is 12.4. The number of carbonyl (C=O) groups excluding carboxylic acids is 1. The average molecular weight is 268 g/mol. The number of carbonyl (C=O) groups is 1. The Morgan fingerprint density at radius 1 is 1.44 bits per heavy atom. The van der Waals surface area contributed by atoms with Crippen LogP contribution in [0.3, 0.4) is 0 Å². The van der Waals surface area contributed by atoms with Crippen LogP contribution in [0.5, 0.6) is 5.75 Å². The van der Waals surface area contributed by atoms with E-state index >= 15 is 0 Å². The average Bonchev–Trinajstić information content (AvgIpc) is 2.59. The fourth-order valence-corrected chi connectivity index (χ4v) is 2.10. The SMILES string of the molecule is CC(C)(CCl)C(=O)N1CCOc2ccccc2C1. The van der Waals surface area contributed by atoms with E-state index in [2.05, 4.69) is 0 Å². The van der Waals surface area contributed by atoms with Gasteiger partial charge in [0.1, 0.15) is 12.4 Å². The Bertz CT molecular complexity index is 445.